The minimum atomic E-state index is -1.17. The smallest absolute Gasteiger partial charge is 0.337 e. The van der Waals surface area contributed by atoms with E-state index >= 15 is 0 Å². The second-order valence-electron chi connectivity index (χ2n) is 4.45. The molecule has 0 saturated carbocycles. The Morgan fingerprint density at radius 1 is 1.26 bits per heavy atom. The first kappa shape index (κ1) is 15.2. The molecule has 3 N–H and O–H groups in total. The number of carboxylic acid groups (broad SMARTS) is 2. The van der Waals surface area contributed by atoms with Gasteiger partial charge >= 0.3 is 11.9 Å². The summed E-state index contributed by atoms with van der Waals surface area (Å²) >= 11 is 0. The SMILES string of the molecule is CC(NCC1CCOCC1)=C(C=CC(=O)O)C(=O)O. The Bertz CT molecular complexity index is 394. The van der Waals surface area contributed by atoms with Crippen LogP contribution in [0.3, 0.4) is 0 Å². The summed E-state index contributed by atoms with van der Waals surface area (Å²) in [6, 6.07) is 0. The van der Waals surface area contributed by atoms with Crippen LogP contribution < -0.4 is 5.32 Å². The fraction of sp³-hybridized carbons (Fsp3) is 0.538. The van der Waals surface area contributed by atoms with Crippen LogP contribution >= 0.6 is 0 Å². The van der Waals surface area contributed by atoms with Gasteiger partial charge in [-0.05, 0) is 31.8 Å². The molecule has 1 saturated heterocycles. The van der Waals surface area contributed by atoms with Gasteiger partial charge < -0.3 is 20.3 Å². The topological polar surface area (TPSA) is 95.9 Å². The van der Waals surface area contributed by atoms with E-state index in [4.69, 9.17) is 14.9 Å². The van der Waals surface area contributed by atoms with Crippen LogP contribution in [0.4, 0.5) is 0 Å². The third-order valence-corrected chi connectivity index (χ3v) is 3.02. The first-order valence-electron chi connectivity index (χ1n) is 6.17. The highest BCUT2D eigenvalue weighted by Gasteiger charge is 2.15. The highest BCUT2D eigenvalue weighted by atomic mass is 16.5. The normalized spacial score (nSPS) is 18.2. The molecule has 0 atom stereocenters. The molecule has 0 radical (unpaired) electrons. The molecule has 0 aromatic carbocycles. The van der Waals surface area contributed by atoms with Crippen LogP contribution in [0.5, 0.6) is 0 Å². The number of allylic oxidation sites excluding steroid dienone is 1. The molecule has 6 nitrogen and oxygen atoms in total. The second kappa shape index (κ2) is 7.58. The maximum Gasteiger partial charge on any atom is 0.337 e. The number of aliphatic carboxylic acids is 2. The van der Waals surface area contributed by atoms with E-state index < -0.39 is 11.9 Å². The van der Waals surface area contributed by atoms with Crippen molar-refractivity contribution in [3.63, 3.8) is 0 Å². The Morgan fingerprint density at radius 3 is 2.42 bits per heavy atom. The Balaban J connectivity index is 2.62. The molecule has 1 aliphatic rings. The van der Waals surface area contributed by atoms with E-state index in [9.17, 15) is 9.59 Å². The van der Waals surface area contributed by atoms with E-state index in [0.29, 0.717) is 18.2 Å². The van der Waals surface area contributed by atoms with Gasteiger partial charge in [-0.2, -0.15) is 0 Å². The monoisotopic (exact) mass is 269 g/mol. The molecule has 0 amide bonds. The minimum Gasteiger partial charge on any atom is -0.478 e. The van der Waals surface area contributed by atoms with Gasteiger partial charge in [0.1, 0.15) is 0 Å². The van der Waals surface area contributed by atoms with Gasteiger partial charge in [0.05, 0.1) is 5.57 Å². The van der Waals surface area contributed by atoms with Gasteiger partial charge in [0.15, 0.2) is 0 Å². The maximum absolute atomic E-state index is 11.0. The predicted molar refractivity (Wildman–Crippen MR) is 68.7 cm³/mol. The summed E-state index contributed by atoms with van der Waals surface area (Å²) in [6.07, 6.45) is 3.82. The third kappa shape index (κ3) is 5.56. The second-order valence-corrected chi connectivity index (χ2v) is 4.45. The molecule has 0 bridgehead atoms. The zero-order chi connectivity index (χ0) is 14.3. The Kier molecular flexibility index (Phi) is 6.08. The van der Waals surface area contributed by atoms with Crippen molar-refractivity contribution in [1.82, 2.24) is 5.32 Å². The van der Waals surface area contributed by atoms with E-state index in [-0.39, 0.29) is 5.57 Å². The number of rotatable bonds is 6. The lowest BCUT2D eigenvalue weighted by atomic mass is 10.0. The number of nitrogens with one attached hydrogen (secondary N) is 1. The van der Waals surface area contributed by atoms with Gasteiger partial charge in [0.25, 0.3) is 0 Å². The number of ether oxygens (including phenoxy) is 1. The molecular weight excluding hydrogens is 250 g/mol. The summed E-state index contributed by atoms with van der Waals surface area (Å²) in [6.45, 7) is 3.78. The van der Waals surface area contributed by atoms with Crippen molar-refractivity contribution < 1.29 is 24.5 Å². The average molecular weight is 269 g/mol. The molecule has 0 aliphatic carbocycles. The quantitative estimate of drug-likeness (QED) is 0.492. The van der Waals surface area contributed by atoms with Crippen molar-refractivity contribution in [2.45, 2.75) is 19.8 Å². The van der Waals surface area contributed by atoms with Crippen molar-refractivity contribution in [1.29, 1.82) is 0 Å². The lowest BCUT2D eigenvalue weighted by Gasteiger charge is -2.23. The molecule has 0 unspecified atom stereocenters. The first-order valence-corrected chi connectivity index (χ1v) is 6.17. The van der Waals surface area contributed by atoms with E-state index in [1.54, 1.807) is 6.92 Å². The van der Waals surface area contributed by atoms with Crippen molar-refractivity contribution in [2.75, 3.05) is 19.8 Å². The van der Waals surface area contributed by atoms with E-state index in [2.05, 4.69) is 5.32 Å². The average Bonchev–Trinajstić information content (AvgIpc) is 2.37. The molecule has 1 heterocycles. The standard InChI is InChI=1S/C13H19NO5/c1-9(11(13(17)18)2-3-12(15)16)14-8-10-4-6-19-7-5-10/h2-3,10,14H,4-8H2,1H3,(H,15,16)(H,17,18). The number of hydrogen-bond acceptors (Lipinski definition) is 4. The van der Waals surface area contributed by atoms with E-state index in [1.165, 1.54) is 0 Å². The van der Waals surface area contributed by atoms with Crippen molar-refractivity contribution in [3.05, 3.63) is 23.4 Å². The third-order valence-electron chi connectivity index (χ3n) is 3.02. The summed E-state index contributed by atoms with van der Waals surface area (Å²) in [4.78, 5) is 21.5. The Labute approximate surface area is 111 Å². The highest BCUT2D eigenvalue weighted by molar-refractivity contribution is 5.93. The number of hydrogen-bond donors (Lipinski definition) is 3. The Hall–Kier alpha value is -1.82. The van der Waals surface area contributed by atoms with Crippen LogP contribution in [0, 0.1) is 5.92 Å². The summed E-state index contributed by atoms with van der Waals surface area (Å²) in [5.74, 6) is -1.85. The van der Waals surface area contributed by atoms with Crippen LogP contribution in [-0.4, -0.2) is 41.9 Å². The summed E-state index contributed by atoms with van der Waals surface area (Å²) in [7, 11) is 0. The lowest BCUT2D eigenvalue weighted by Crippen LogP contribution is -2.27. The minimum absolute atomic E-state index is 0.0329. The molecule has 1 rings (SSSR count). The van der Waals surface area contributed by atoms with Gasteiger partial charge in [0, 0.05) is 31.5 Å². The van der Waals surface area contributed by atoms with E-state index in [0.717, 1.165) is 38.2 Å². The molecule has 0 spiro atoms. The zero-order valence-electron chi connectivity index (χ0n) is 10.9. The van der Waals surface area contributed by atoms with Gasteiger partial charge in [0.2, 0.25) is 0 Å². The molecule has 6 heteroatoms. The zero-order valence-corrected chi connectivity index (χ0v) is 10.9. The molecule has 1 fully saturated rings. The van der Waals surface area contributed by atoms with Crippen molar-refractivity contribution >= 4 is 11.9 Å². The van der Waals surface area contributed by atoms with Crippen LogP contribution in [-0.2, 0) is 14.3 Å². The number of carbonyl (C=O) groups is 2. The van der Waals surface area contributed by atoms with Crippen LogP contribution in [0.2, 0.25) is 0 Å². The highest BCUT2D eigenvalue weighted by Crippen LogP contribution is 2.14. The predicted octanol–water partition coefficient (Wildman–Crippen LogP) is 1.00. The van der Waals surface area contributed by atoms with Crippen LogP contribution in [0.15, 0.2) is 23.4 Å². The summed E-state index contributed by atoms with van der Waals surface area (Å²) in [5, 5.41) is 20.6. The maximum atomic E-state index is 11.0. The van der Waals surface area contributed by atoms with Gasteiger partial charge in [-0.3, -0.25) is 0 Å². The van der Waals surface area contributed by atoms with Gasteiger partial charge in [-0.25, -0.2) is 9.59 Å². The molecule has 0 aromatic rings. The Morgan fingerprint density at radius 2 is 1.89 bits per heavy atom. The fourth-order valence-corrected chi connectivity index (χ4v) is 1.85. The first-order chi connectivity index (χ1) is 9.00. The summed E-state index contributed by atoms with van der Waals surface area (Å²) in [5.41, 5.74) is 0.436. The van der Waals surface area contributed by atoms with Crippen molar-refractivity contribution in [3.8, 4) is 0 Å². The summed E-state index contributed by atoms with van der Waals surface area (Å²) < 4.78 is 5.25. The van der Waals surface area contributed by atoms with Gasteiger partial charge in [-0.1, -0.05) is 0 Å². The van der Waals surface area contributed by atoms with E-state index in [1.807, 2.05) is 0 Å². The largest absolute Gasteiger partial charge is 0.478 e. The van der Waals surface area contributed by atoms with Crippen molar-refractivity contribution in [2.24, 2.45) is 5.92 Å². The molecule has 19 heavy (non-hydrogen) atoms. The molecule has 106 valence electrons. The molecular formula is C13H19NO5. The molecule has 1 aliphatic heterocycles. The lowest BCUT2D eigenvalue weighted by molar-refractivity contribution is -0.132. The number of carboxylic acids is 2. The van der Waals surface area contributed by atoms with Gasteiger partial charge in [-0.15, -0.1) is 0 Å². The van der Waals surface area contributed by atoms with Crippen LogP contribution in [0.25, 0.3) is 0 Å². The molecule has 0 aromatic heterocycles. The van der Waals surface area contributed by atoms with Crippen LogP contribution in [0.1, 0.15) is 19.8 Å². The fourth-order valence-electron chi connectivity index (χ4n) is 1.85.